The normalized spacial score (nSPS) is 10.3. The van der Waals surface area contributed by atoms with E-state index in [0.717, 1.165) is 11.4 Å². The first-order chi connectivity index (χ1) is 10.0. The zero-order valence-corrected chi connectivity index (χ0v) is 12.8. The lowest BCUT2D eigenvalue weighted by Gasteiger charge is -2.13. The summed E-state index contributed by atoms with van der Waals surface area (Å²) in [7, 11) is 0. The molecule has 0 aliphatic carbocycles. The van der Waals surface area contributed by atoms with Crippen LogP contribution in [0.25, 0.3) is 0 Å². The highest BCUT2D eigenvalue weighted by molar-refractivity contribution is 7.80. The van der Waals surface area contributed by atoms with Crippen molar-refractivity contribution < 1.29 is 4.39 Å². The summed E-state index contributed by atoms with van der Waals surface area (Å²) in [6.45, 7) is 4.31. The van der Waals surface area contributed by atoms with Crippen molar-refractivity contribution >= 4 is 28.7 Å². The summed E-state index contributed by atoms with van der Waals surface area (Å²) < 4.78 is 12.8. The number of hydrazine groups is 1. The molecule has 0 radical (unpaired) electrons. The summed E-state index contributed by atoms with van der Waals surface area (Å²) in [6.07, 6.45) is 0. The number of benzene rings is 2. The predicted octanol–water partition coefficient (Wildman–Crippen LogP) is 4.26. The maximum Gasteiger partial charge on any atom is 0.189 e. The van der Waals surface area contributed by atoms with Crippen LogP contribution in [0, 0.1) is 5.82 Å². The van der Waals surface area contributed by atoms with Gasteiger partial charge in [-0.1, -0.05) is 26.0 Å². The van der Waals surface area contributed by atoms with E-state index < -0.39 is 0 Å². The van der Waals surface area contributed by atoms with Crippen LogP contribution in [0.1, 0.15) is 25.3 Å². The average molecular weight is 303 g/mol. The van der Waals surface area contributed by atoms with Gasteiger partial charge in [0, 0.05) is 5.69 Å². The van der Waals surface area contributed by atoms with Gasteiger partial charge in [-0.15, -0.1) is 0 Å². The molecule has 0 saturated heterocycles. The Morgan fingerprint density at radius 3 is 2.10 bits per heavy atom. The highest BCUT2D eigenvalue weighted by atomic mass is 32.1. The Labute approximate surface area is 129 Å². The van der Waals surface area contributed by atoms with E-state index in [-0.39, 0.29) is 5.82 Å². The molecular formula is C16H18FN3S. The van der Waals surface area contributed by atoms with Crippen molar-refractivity contribution in [2.45, 2.75) is 19.8 Å². The van der Waals surface area contributed by atoms with Crippen LogP contribution >= 0.6 is 12.2 Å². The second-order valence-corrected chi connectivity index (χ2v) is 5.40. The van der Waals surface area contributed by atoms with Crippen LogP contribution in [-0.4, -0.2) is 5.11 Å². The molecule has 0 heterocycles. The molecule has 0 aliphatic rings. The SMILES string of the molecule is CC(C)c1ccc(NC(=S)NNc2ccc(F)cc2)cc1. The zero-order chi connectivity index (χ0) is 15.2. The van der Waals surface area contributed by atoms with Crippen molar-refractivity contribution in [3.05, 3.63) is 59.9 Å². The topological polar surface area (TPSA) is 36.1 Å². The van der Waals surface area contributed by atoms with Gasteiger partial charge in [-0.3, -0.25) is 10.9 Å². The molecule has 0 spiro atoms. The second-order valence-electron chi connectivity index (χ2n) is 4.99. The molecule has 0 amide bonds. The smallest absolute Gasteiger partial charge is 0.189 e. The van der Waals surface area contributed by atoms with Crippen molar-refractivity contribution in [3.63, 3.8) is 0 Å². The maximum atomic E-state index is 12.8. The van der Waals surface area contributed by atoms with Gasteiger partial charge in [0.1, 0.15) is 5.82 Å². The van der Waals surface area contributed by atoms with E-state index in [4.69, 9.17) is 12.2 Å². The Bertz CT molecular complexity index is 594. The fourth-order valence-electron chi connectivity index (χ4n) is 1.78. The first kappa shape index (κ1) is 15.3. The van der Waals surface area contributed by atoms with Gasteiger partial charge < -0.3 is 5.32 Å². The Morgan fingerprint density at radius 2 is 1.52 bits per heavy atom. The van der Waals surface area contributed by atoms with Gasteiger partial charge in [0.15, 0.2) is 5.11 Å². The van der Waals surface area contributed by atoms with E-state index in [1.807, 2.05) is 12.1 Å². The quantitative estimate of drug-likeness (QED) is 0.582. The molecular weight excluding hydrogens is 285 g/mol. The second kappa shape index (κ2) is 7.04. The van der Waals surface area contributed by atoms with E-state index in [9.17, 15) is 4.39 Å². The summed E-state index contributed by atoms with van der Waals surface area (Å²) in [6, 6.07) is 14.1. The molecule has 5 heteroatoms. The van der Waals surface area contributed by atoms with Crippen LogP contribution in [0.2, 0.25) is 0 Å². The molecule has 0 unspecified atom stereocenters. The third-order valence-electron chi connectivity index (χ3n) is 3.00. The van der Waals surface area contributed by atoms with Gasteiger partial charge in [-0.05, 0) is 60.1 Å². The van der Waals surface area contributed by atoms with Crippen molar-refractivity contribution in [3.8, 4) is 0 Å². The standard InChI is InChI=1S/C16H18FN3S/c1-11(2)12-3-7-14(8-4-12)18-16(21)20-19-15-9-5-13(17)6-10-15/h3-11,19H,1-2H3,(H2,18,20,21). The van der Waals surface area contributed by atoms with Crippen LogP contribution < -0.4 is 16.2 Å². The molecule has 0 aromatic heterocycles. The largest absolute Gasteiger partial charge is 0.331 e. The lowest BCUT2D eigenvalue weighted by molar-refractivity contribution is 0.628. The molecule has 0 saturated carbocycles. The van der Waals surface area contributed by atoms with Crippen molar-refractivity contribution in [2.24, 2.45) is 0 Å². The molecule has 0 aliphatic heterocycles. The molecule has 3 nitrogen and oxygen atoms in total. The average Bonchev–Trinajstić information content (AvgIpc) is 2.47. The van der Waals surface area contributed by atoms with Gasteiger partial charge in [-0.2, -0.15) is 0 Å². The Kier molecular flexibility index (Phi) is 5.11. The Balaban J connectivity index is 1.85. The van der Waals surface area contributed by atoms with E-state index in [1.165, 1.54) is 17.7 Å². The Morgan fingerprint density at radius 1 is 0.952 bits per heavy atom. The molecule has 21 heavy (non-hydrogen) atoms. The van der Waals surface area contributed by atoms with Crippen molar-refractivity contribution in [2.75, 3.05) is 10.7 Å². The molecule has 110 valence electrons. The zero-order valence-electron chi connectivity index (χ0n) is 12.0. The number of rotatable bonds is 4. The van der Waals surface area contributed by atoms with Gasteiger partial charge in [0.2, 0.25) is 0 Å². The molecule has 2 aromatic rings. The van der Waals surface area contributed by atoms with Gasteiger partial charge in [-0.25, -0.2) is 4.39 Å². The van der Waals surface area contributed by atoms with Crippen molar-refractivity contribution in [1.82, 2.24) is 5.43 Å². The number of nitrogens with one attached hydrogen (secondary N) is 3. The third kappa shape index (κ3) is 4.72. The van der Waals surface area contributed by atoms with E-state index in [2.05, 4.69) is 42.1 Å². The first-order valence-corrected chi connectivity index (χ1v) is 7.14. The maximum absolute atomic E-state index is 12.8. The molecule has 0 atom stereocenters. The van der Waals surface area contributed by atoms with Crippen LogP contribution in [0.3, 0.4) is 0 Å². The summed E-state index contributed by atoms with van der Waals surface area (Å²) in [5.41, 5.74) is 8.68. The number of halogens is 1. The summed E-state index contributed by atoms with van der Waals surface area (Å²) in [5, 5.41) is 3.51. The van der Waals surface area contributed by atoms with E-state index >= 15 is 0 Å². The highest BCUT2D eigenvalue weighted by Gasteiger charge is 2.01. The first-order valence-electron chi connectivity index (χ1n) is 6.73. The van der Waals surface area contributed by atoms with Gasteiger partial charge in [0.05, 0.1) is 5.69 Å². The summed E-state index contributed by atoms with van der Waals surface area (Å²) in [4.78, 5) is 0. The molecule has 0 fully saturated rings. The molecule has 0 bridgehead atoms. The fourth-order valence-corrected chi connectivity index (χ4v) is 1.94. The van der Waals surface area contributed by atoms with E-state index in [1.54, 1.807) is 12.1 Å². The molecule has 3 N–H and O–H groups in total. The van der Waals surface area contributed by atoms with Crippen LogP contribution in [-0.2, 0) is 0 Å². The Hall–Kier alpha value is -2.14. The minimum Gasteiger partial charge on any atom is -0.331 e. The molecule has 2 aromatic carbocycles. The molecule has 2 rings (SSSR count). The highest BCUT2D eigenvalue weighted by Crippen LogP contribution is 2.17. The number of hydrogen-bond donors (Lipinski definition) is 3. The third-order valence-corrected chi connectivity index (χ3v) is 3.20. The number of anilines is 2. The van der Waals surface area contributed by atoms with Crippen molar-refractivity contribution in [1.29, 1.82) is 0 Å². The summed E-state index contributed by atoms with van der Waals surface area (Å²) in [5.74, 6) is 0.232. The predicted molar refractivity (Wildman–Crippen MR) is 89.9 cm³/mol. The van der Waals surface area contributed by atoms with Gasteiger partial charge >= 0.3 is 0 Å². The minimum absolute atomic E-state index is 0.272. The number of hydrogen-bond acceptors (Lipinski definition) is 2. The fraction of sp³-hybridized carbons (Fsp3) is 0.188. The lowest BCUT2D eigenvalue weighted by atomic mass is 10.0. The van der Waals surface area contributed by atoms with Crippen LogP contribution in [0.4, 0.5) is 15.8 Å². The minimum atomic E-state index is -0.272. The monoisotopic (exact) mass is 303 g/mol. The van der Waals surface area contributed by atoms with E-state index in [0.29, 0.717) is 11.0 Å². The van der Waals surface area contributed by atoms with Crippen LogP contribution in [0.5, 0.6) is 0 Å². The van der Waals surface area contributed by atoms with Crippen LogP contribution in [0.15, 0.2) is 48.5 Å². The van der Waals surface area contributed by atoms with Gasteiger partial charge in [0.25, 0.3) is 0 Å². The number of thiocarbonyl (C=S) groups is 1. The summed E-state index contributed by atoms with van der Waals surface area (Å²) >= 11 is 5.19. The lowest BCUT2D eigenvalue weighted by Crippen LogP contribution is -2.33.